The van der Waals surface area contributed by atoms with E-state index in [2.05, 4.69) is 19.9 Å². The Labute approximate surface area is 73.0 Å². The van der Waals surface area contributed by atoms with Crippen LogP contribution in [0.4, 0.5) is 0 Å². The van der Waals surface area contributed by atoms with Crippen molar-refractivity contribution in [2.45, 2.75) is 32.1 Å². The number of phenols is 1. The molecule has 2 rings (SSSR count). The van der Waals surface area contributed by atoms with Crippen molar-refractivity contribution in [2.75, 3.05) is 0 Å². The van der Waals surface area contributed by atoms with Crippen LogP contribution in [-0.2, 0) is 11.8 Å². The fourth-order valence-electron chi connectivity index (χ4n) is 2.04. The molecule has 0 aromatic heterocycles. The van der Waals surface area contributed by atoms with E-state index in [4.69, 9.17) is 0 Å². The lowest BCUT2D eigenvalue weighted by Gasteiger charge is -2.40. The molecule has 1 nitrogen and oxygen atoms in total. The van der Waals surface area contributed by atoms with Crippen molar-refractivity contribution in [3.05, 3.63) is 29.3 Å². The summed E-state index contributed by atoms with van der Waals surface area (Å²) < 4.78 is 0. The van der Waals surface area contributed by atoms with Gasteiger partial charge in [0.1, 0.15) is 5.75 Å². The Hall–Kier alpha value is -0.980. The van der Waals surface area contributed by atoms with Crippen molar-refractivity contribution in [2.24, 2.45) is 0 Å². The third-order valence-electron chi connectivity index (χ3n) is 3.10. The van der Waals surface area contributed by atoms with E-state index < -0.39 is 0 Å². The summed E-state index contributed by atoms with van der Waals surface area (Å²) in [6.07, 6.45) is 2.30. The largest absolute Gasteiger partial charge is 0.508 e. The van der Waals surface area contributed by atoms with Crippen LogP contribution >= 0.6 is 0 Å². The summed E-state index contributed by atoms with van der Waals surface area (Å²) in [5.74, 6) is 0.395. The zero-order valence-electron chi connectivity index (χ0n) is 7.59. The maximum absolute atomic E-state index is 9.21. The molecular formula is C11H14O. The predicted octanol–water partition coefficient (Wildman–Crippen LogP) is 2.62. The van der Waals surface area contributed by atoms with Crippen molar-refractivity contribution in [3.8, 4) is 5.75 Å². The van der Waals surface area contributed by atoms with E-state index in [0.717, 1.165) is 6.42 Å². The van der Waals surface area contributed by atoms with E-state index in [1.54, 1.807) is 6.07 Å². The fraction of sp³-hybridized carbons (Fsp3) is 0.455. The van der Waals surface area contributed by atoms with Crippen LogP contribution in [0, 0.1) is 0 Å². The molecule has 0 saturated heterocycles. The summed E-state index contributed by atoms with van der Waals surface area (Å²) >= 11 is 0. The van der Waals surface area contributed by atoms with E-state index in [0.29, 0.717) is 11.2 Å². The number of benzene rings is 1. The lowest BCUT2D eigenvalue weighted by Crippen LogP contribution is -2.34. The summed E-state index contributed by atoms with van der Waals surface area (Å²) in [4.78, 5) is 0. The minimum Gasteiger partial charge on any atom is -0.508 e. The van der Waals surface area contributed by atoms with E-state index in [9.17, 15) is 5.11 Å². The molecule has 0 amide bonds. The van der Waals surface area contributed by atoms with Crippen molar-refractivity contribution in [1.29, 1.82) is 0 Å². The van der Waals surface area contributed by atoms with Crippen LogP contribution in [0.25, 0.3) is 0 Å². The summed E-state index contributed by atoms with van der Waals surface area (Å²) in [5, 5.41) is 9.21. The highest BCUT2D eigenvalue weighted by Crippen LogP contribution is 2.44. The van der Waals surface area contributed by atoms with Crippen molar-refractivity contribution >= 4 is 0 Å². The number of aromatic hydroxyl groups is 1. The Morgan fingerprint density at radius 1 is 1.50 bits per heavy atom. The molecule has 0 bridgehead atoms. The van der Waals surface area contributed by atoms with Crippen LogP contribution < -0.4 is 0 Å². The van der Waals surface area contributed by atoms with Gasteiger partial charge in [-0.1, -0.05) is 19.9 Å². The van der Waals surface area contributed by atoms with Gasteiger partial charge in [0.15, 0.2) is 0 Å². The smallest absolute Gasteiger partial charge is 0.115 e. The number of phenolic OH excluding ortho intramolecular Hbond substituents is 1. The monoisotopic (exact) mass is 162 g/mol. The summed E-state index contributed by atoms with van der Waals surface area (Å²) in [5.41, 5.74) is 3.12. The molecule has 0 fully saturated rings. The lowest BCUT2D eigenvalue weighted by molar-refractivity contribution is 0.390. The highest BCUT2D eigenvalue weighted by Gasteiger charge is 2.36. The zero-order valence-corrected chi connectivity index (χ0v) is 7.59. The molecule has 12 heavy (non-hydrogen) atoms. The van der Waals surface area contributed by atoms with Crippen molar-refractivity contribution in [3.63, 3.8) is 0 Å². The van der Waals surface area contributed by atoms with Crippen molar-refractivity contribution in [1.82, 2.24) is 0 Å². The number of fused-ring (bicyclic) bond motifs is 1. The molecule has 0 heterocycles. The first kappa shape index (κ1) is 7.66. The zero-order chi connectivity index (χ0) is 8.77. The Bertz CT molecular complexity index is 317. The van der Waals surface area contributed by atoms with Crippen LogP contribution in [0.3, 0.4) is 0 Å². The highest BCUT2D eigenvalue weighted by atomic mass is 16.3. The molecule has 0 saturated carbocycles. The molecule has 1 aromatic carbocycles. The van der Waals surface area contributed by atoms with Crippen molar-refractivity contribution < 1.29 is 5.11 Å². The van der Waals surface area contributed by atoms with E-state index in [1.807, 2.05) is 6.07 Å². The normalized spacial score (nSPS) is 26.2. The van der Waals surface area contributed by atoms with Gasteiger partial charge in [-0.3, -0.25) is 0 Å². The predicted molar refractivity (Wildman–Crippen MR) is 49.5 cm³/mol. The van der Waals surface area contributed by atoms with Gasteiger partial charge >= 0.3 is 0 Å². The maximum Gasteiger partial charge on any atom is 0.115 e. The molecule has 0 spiro atoms. The van der Waals surface area contributed by atoms with Crippen LogP contribution in [0.15, 0.2) is 18.2 Å². The molecule has 1 atom stereocenters. The Morgan fingerprint density at radius 2 is 2.25 bits per heavy atom. The molecule has 0 aliphatic heterocycles. The van der Waals surface area contributed by atoms with Gasteiger partial charge < -0.3 is 5.11 Å². The molecule has 1 heteroatoms. The molecule has 1 unspecified atom stereocenters. The maximum atomic E-state index is 9.21. The minimum absolute atomic E-state index is 0.378. The van der Waals surface area contributed by atoms with E-state index >= 15 is 0 Å². The Balaban J connectivity index is 2.43. The molecular weight excluding hydrogens is 148 g/mol. The number of rotatable bonds is 1. The fourth-order valence-corrected chi connectivity index (χ4v) is 2.04. The highest BCUT2D eigenvalue weighted by molar-refractivity contribution is 5.47. The molecule has 1 aromatic rings. The van der Waals surface area contributed by atoms with Gasteiger partial charge in [0.2, 0.25) is 0 Å². The third kappa shape index (κ3) is 0.857. The first-order valence-corrected chi connectivity index (χ1v) is 4.48. The second kappa shape index (κ2) is 2.25. The van der Waals surface area contributed by atoms with Gasteiger partial charge in [0.05, 0.1) is 0 Å². The Kier molecular flexibility index (Phi) is 1.44. The summed E-state index contributed by atoms with van der Waals surface area (Å²) in [6.45, 7) is 4.50. The topological polar surface area (TPSA) is 20.2 Å². The lowest BCUT2D eigenvalue weighted by atomic mass is 9.64. The van der Waals surface area contributed by atoms with Gasteiger partial charge in [-0.05, 0) is 41.5 Å². The molecule has 1 N–H and O–H groups in total. The number of hydrogen-bond donors (Lipinski definition) is 1. The Morgan fingerprint density at radius 3 is 2.83 bits per heavy atom. The summed E-state index contributed by atoms with van der Waals surface area (Å²) in [7, 11) is 0. The van der Waals surface area contributed by atoms with E-state index in [1.165, 1.54) is 17.5 Å². The van der Waals surface area contributed by atoms with Crippen LogP contribution in [-0.4, -0.2) is 5.11 Å². The third-order valence-corrected chi connectivity index (χ3v) is 3.10. The first-order chi connectivity index (χ1) is 5.65. The van der Waals surface area contributed by atoms with Crippen LogP contribution in [0.1, 0.15) is 31.4 Å². The molecule has 1 aliphatic carbocycles. The summed E-state index contributed by atoms with van der Waals surface area (Å²) in [6, 6.07) is 5.72. The minimum atomic E-state index is 0.378. The van der Waals surface area contributed by atoms with Gasteiger partial charge in [-0.2, -0.15) is 0 Å². The van der Waals surface area contributed by atoms with Crippen LogP contribution in [0.5, 0.6) is 5.75 Å². The quantitative estimate of drug-likeness (QED) is 0.673. The average molecular weight is 162 g/mol. The standard InChI is InChI=1S/C11H14O/c1-3-11(2)7-8-6-9(12)4-5-10(8)11/h4-6,12H,3,7H2,1-2H3. The second-order valence-corrected chi connectivity index (χ2v) is 3.93. The van der Waals surface area contributed by atoms with Gasteiger partial charge in [0.25, 0.3) is 0 Å². The molecule has 1 aliphatic rings. The first-order valence-electron chi connectivity index (χ1n) is 4.48. The second-order valence-electron chi connectivity index (χ2n) is 3.93. The molecule has 64 valence electrons. The number of hydrogen-bond acceptors (Lipinski definition) is 1. The van der Waals surface area contributed by atoms with E-state index in [-0.39, 0.29) is 0 Å². The van der Waals surface area contributed by atoms with Gasteiger partial charge in [0, 0.05) is 0 Å². The average Bonchev–Trinajstić information content (AvgIpc) is 2.02. The van der Waals surface area contributed by atoms with Crippen LogP contribution in [0.2, 0.25) is 0 Å². The SMILES string of the molecule is CCC1(C)Cc2cc(O)ccc21. The van der Waals surface area contributed by atoms with Gasteiger partial charge in [-0.25, -0.2) is 0 Å². The molecule has 0 radical (unpaired) electrons. The van der Waals surface area contributed by atoms with Gasteiger partial charge in [-0.15, -0.1) is 0 Å².